The second-order valence-electron chi connectivity index (χ2n) is 4.88. The molecule has 112 valence electrons. The van der Waals surface area contributed by atoms with Gasteiger partial charge in [-0.2, -0.15) is 11.3 Å². The molecule has 1 aromatic carbocycles. The molecular weight excluding hydrogens is 380 g/mol. The summed E-state index contributed by atoms with van der Waals surface area (Å²) in [7, 11) is 0. The number of rotatable bonds is 3. The normalized spacial score (nSPS) is 10.7. The van der Waals surface area contributed by atoms with Crippen LogP contribution in [0.4, 0.5) is 5.69 Å². The Bertz CT molecular complexity index is 825. The number of aromatic nitrogens is 1. The van der Waals surface area contributed by atoms with E-state index in [1.165, 1.54) is 11.3 Å². The molecule has 1 amide bonds. The number of nitrogens with zero attached hydrogens (tertiary/aromatic N) is 1. The summed E-state index contributed by atoms with van der Waals surface area (Å²) in [5, 5.41) is 7.87. The SMILES string of the molecule is Cc1ccc(NC(=O)c2sc(-c3ccsc3)nc2C)c(Br)c1. The van der Waals surface area contributed by atoms with Crippen molar-refractivity contribution in [2.75, 3.05) is 5.32 Å². The number of hydrogen-bond acceptors (Lipinski definition) is 4. The maximum atomic E-state index is 12.5. The quantitative estimate of drug-likeness (QED) is 0.638. The standard InChI is InChI=1S/C16H13BrN2OS2/c1-9-3-4-13(12(17)7-9)19-15(20)14-10(2)18-16(22-14)11-5-6-21-8-11/h3-8H,1-2H3,(H,19,20). The summed E-state index contributed by atoms with van der Waals surface area (Å²) in [6.45, 7) is 3.88. The van der Waals surface area contributed by atoms with Gasteiger partial charge in [-0.25, -0.2) is 4.98 Å². The minimum Gasteiger partial charge on any atom is -0.320 e. The van der Waals surface area contributed by atoms with Crippen molar-refractivity contribution in [2.45, 2.75) is 13.8 Å². The van der Waals surface area contributed by atoms with Crippen LogP contribution in [0.15, 0.2) is 39.5 Å². The molecule has 22 heavy (non-hydrogen) atoms. The van der Waals surface area contributed by atoms with Crippen molar-refractivity contribution in [1.82, 2.24) is 4.98 Å². The van der Waals surface area contributed by atoms with Gasteiger partial charge in [-0.05, 0) is 58.9 Å². The molecule has 1 N–H and O–H groups in total. The van der Waals surface area contributed by atoms with E-state index in [-0.39, 0.29) is 5.91 Å². The average molecular weight is 393 g/mol. The lowest BCUT2D eigenvalue weighted by Crippen LogP contribution is -2.12. The van der Waals surface area contributed by atoms with E-state index >= 15 is 0 Å². The molecule has 0 aliphatic carbocycles. The van der Waals surface area contributed by atoms with E-state index in [0.29, 0.717) is 4.88 Å². The number of nitrogens with one attached hydrogen (secondary N) is 1. The van der Waals surface area contributed by atoms with Crippen LogP contribution in [0, 0.1) is 13.8 Å². The van der Waals surface area contributed by atoms with Gasteiger partial charge in [0.15, 0.2) is 0 Å². The van der Waals surface area contributed by atoms with Crippen LogP contribution in [-0.4, -0.2) is 10.9 Å². The second kappa shape index (κ2) is 6.32. The van der Waals surface area contributed by atoms with Gasteiger partial charge in [-0.3, -0.25) is 4.79 Å². The Morgan fingerprint density at radius 1 is 1.27 bits per heavy atom. The molecule has 2 heterocycles. The predicted octanol–water partition coefficient (Wildman–Crippen LogP) is 5.50. The first-order valence-electron chi connectivity index (χ1n) is 6.62. The Kier molecular flexibility index (Phi) is 4.42. The summed E-state index contributed by atoms with van der Waals surface area (Å²) in [5.41, 5.74) is 3.72. The minimum absolute atomic E-state index is 0.124. The van der Waals surface area contributed by atoms with E-state index in [2.05, 4.69) is 26.2 Å². The predicted molar refractivity (Wildman–Crippen MR) is 97.0 cm³/mol. The first-order valence-corrected chi connectivity index (χ1v) is 9.17. The fourth-order valence-electron chi connectivity index (χ4n) is 2.02. The van der Waals surface area contributed by atoms with E-state index in [0.717, 1.165) is 32.0 Å². The molecule has 6 heteroatoms. The molecule has 0 saturated carbocycles. The number of carbonyl (C=O) groups excluding carboxylic acids is 1. The molecular formula is C16H13BrN2OS2. The summed E-state index contributed by atoms with van der Waals surface area (Å²) in [6, 6.07) is 7.86. The molecule has 0 saturated heterocycles. The van der Waals surface area contributed by atoms with Crippen LogP contribution in [0.5, 0.6) is 0 Å². The maximum Gasteiger partial charge on any atom is 0.267 e. The summed E-state index contributed by atoms with van der Waals surface area (Å²) in [5.74, 6) is -0.124. The van der Waals surface area contributed by atoms with Crippen LogP contribution >= 0.6 is 38.6 Å². The summed E-state index contributed by atoms with van der Waals surface area (Å²) in [4.78, 5) is 17.6. The summed E-state index contributed by atoms with van der Waals surface area (Å²) in [6.07, 6.45) is 0. The van der Waals surface area contributed by atoms with Gasteiger partial charge in [-0.1, -0.05) is 6.07 Å². The molecule has 3 nitrogen and oxygen atoms in total. The monoisotopic (exact) mass is 392 g/mol. The van der Waals surface area contributed by atoms with Crippen molar-refractivity contribution in [2.24, 2.45) is 0 Å². The van der Waals surface area contributed by atoms with Crippen molar-refractivity contribution >= 4 is 50.2 Å². The third-order valence-corrected chi connectivity index (χ3v) is 5.69. The number of halogens is 1. The van der Waals surface area contributed by atoms with Crippen molar-refractivity contribution < 1.29 is 4.79 Å². The molecule has 0 aliphatic rings. The number of anilines is 1. The molecule has 0 unspecified atom stereocenters. The van der Waals surface area contributed by atoms with Crippen molar-refractivity contribution in [3.05, 3.63) is 55.6 Å². The number of thiazole rings is 1. The molecule has 0 bridgehead atoms. The number of aryl methyl sites for hydroxylation is 2. The number of benzene rings is 1. The highest BCUT2D eigenvalue weighted by Gasteiger charge is 2.17. The van der Waals surface area contributed by atoms with E-state index in [9.17, 15) is 4.79 Å². The Balaban J connectivity index is 1.86. The fraction of sp³-hybridized carbons (Fsp3) is 0.125. The van der Waals surface area contributed by atoms with Gasteiger partial charge in [0.1, 0.15) is 9.88 Å². The zero-order valence-electron chi connectivity index (χ0n) is 12.0. The topological polar surface area (TPSA) is 42.0 Å². The van der Waals surface area contributed by atoms with Gasteiger partial charge in [-0.15, -0.1) is 11.3 Å². The zero-order valence-corrected chi connectivity index (χ0v) is 15.2. The van der Waals surface area contributed by atoms with Crippen LogP contribution < -0.4 is 5.32 Å². The van der Waals surface area contributed by atoms with Crippen molar-refractivity contribution in [3.63, 3.8) is 0 Å². The maximum absolute atomic E-state index is 12.5. The van der Waals surface area contributed by atoms with E-state index in [4.69, 9.17) is 0 Å². The molecule has 0 atom stereocenters. The molecule has 0 aliphatic heterocycles. The van der Waals surface area contributed by atoms with Crippen LogP contribution in [0.2, 0.25) is 0 Å². The first-order chi connectivity index (χ1) is 10.5. The second-order valence-corrected chi connectivity index (χ2v) is 7.52. The van der Waals surface area contributed by atoms with Crippen LogP contribution in [0.3, 0.4) is 0 Å². The molecule has 3 aromatic rings. The Labute approximate surface area is 145 Å². The van der Waals surface area contributed by atoms with Gasteiger partial charge in [0, 0.05) is 15.4 Å². The lowest BCUT2D eigenvalue weighted by molar-refractivity contribution is 0.102. The van der Waals surface area contributed by atoms with Gasteiger partial charge in [0.2, 0.25) is 0 Å². The number of amides is 1. The van der Waals surface area contributed by atoms with E-state index in [1.807, 2.05) is 48.9 Å². The lowest BCUT2D eigenvalue weighted by Gasteiger charge is -2.07. The highest BCUT2D eigenvalue weighted by molar-refractivity contribution is 9.10. The Morgan fingerprint density at radius 2 is 2.09 bits per heavy atom. The number of hydrogen-bond donors (Lipinski definition) is 1. The highest BCUT2D eigenvalue weighted by Crippen LogP contribution is 2.30. The summed E-state index contributed by atoms with van der Waals surface area (Å²) >= 11 is 6.52. The van der Waals surface area contributed by atoms with E-state index < -0.39 is 0 Å². The number of carbonyl (C=O) groups is 1. The van der Waals surface area contributed by atoms with E-state index in [1.54, 1.807) is 11.3 Å². The molecule has 0 spiro atoms. The molecule has 0 fully saturated rings. The van der Waals surface area contributed by atoms with Crippen LogP contribution in [0.1, 0.15) is 20.9 Å². The third-order valence-electron chi connectivity index (χ3n) is 3.14. The van der Waals surface area contributed by atoms with Crippen LogP contribution in [0.25, 0.3) is 10.6 Å². The van der Waals surface area contributed by atoms with Crippen molar-refractivity contribution in [1.29, 1.82) is 0 Å². The van der Waals surface area contributed by atoms with Gasteiger partial charge < -0.3 is 5.32 Å². The summed E-state index contributed by atoms with van der Waals surface area (Å²) < 4.78 is 0.876. The van der Waals surface area contributed by atoms with Gasteiger partial charge in [0.05, 0.1) is 11.4 Å². The first kappa shape index (κ1) is 15.4. The molecule has 0 radical (unpaired) electrons. The third kappa shape index (κ3) is 3.14. The lowest BCUT2D eigenvalue weighted by atomic mass is 10.2. The Morgan fingerprint density at radius 3 is 2.77 bits per heavy atom. The molecule has 3 rings (SSSR count). The minimum atomic E-state index is -0.124. The number of thiophene rings is 1. The Hall–Kier alpha value is -1.50. The highest BCUT2D eigenvalue weighted by atomic mass is 79.9. The smallest absolute Gasteiger partial charge is 0.267 e. The average Bonchev–Trinajstić information content (AvgIpc) is 3.10. The largest absolute Gasteiger partial charge is 0.320 e. The van der Waals surface area contributed by atoms with Crippen LogP contribution in [-0.2, 0) is 0 Å². The van der Waals surface area contributed by atoms with Crippen molar-refractivity contribution in [3.8, 4) is 10.6 Å². The zero-order chi connectivity index (χ0) is 15.7. The van der Waals surface area contributed by atoms with Gasteiger partial charge in [0.25, 0.3) is 5.91 Å². The fourth-order valence-corrected chi connectivity index (χ4v) is 4.28. The molecule has 2 aromatic heterocycles. The van der Waals surface area contributed by atoms with Gasteiger partial charge >= 0.3 is 0 Å².